The van der Waals surface area contributed by atoms with Gasteiger partial charge in [-0.15, -0.1) is 0 Å². The zero-order valence-electron chi connectivity index (χ0n) is 16.9. The predicted molar refractivity (Wildman–Crippen MR) is 110 cm³/mol. The quantitative estimate of drug-likeness (QED) is 0.540. The van der Waals surface area contributed by atoms with Crippen LogP contribution in [-0.4, -0.2) is 13.1 Å². The Morgan fingerprint density at radius 1 is 1.00 bits per heavy atom. The normalized spacial score (nSPS) is 12.8. The average molecular weight is 394 g/mol. The Morgan fingerprint density at radius 3 is 2.15 bits per heavy atom. The van der Waals surface area contributed by atoms with Gasteiger partial charge >= 0.3 is 6.18 Å². The molecular weight excluding hydrogens is 363 g/mol. The van der Waals surface area contributed by atoms with E-state index in [2.05, 4.69) is 40.7 Å². The maximum atomic E-state index is 13.4. The van der Waals surface area contributed by atoms with E-state index in [1.165, 1.54) is 12.1 Å². The standard InChI is InChI=1S/C22H30F3NSi/c1-6-7-10-18-15-19(22(23,24)25)12-13-20(18)27(16(2)3,17(4)5)21-11-8-9-14-26-21/h8-9,11-17H,6-7,10H2,1-5H3. The van der Waals surface area contributed by atoms with Crippen LogP contribution in [0.1, 0.15) is 58.6 Å². The number of rotatable bonds is 7. The van der Waals surface area contributed by atoms with Crippen molar-refractivity contribution in [3.8, 4) is 0 Å². The van der Waals surface area contributed by atoms with Gasteiger partial charge in [0.2, 0.25) is 0 Å². The molecule has 2 rings (SSSR count). The Bertz CT molecular complexity index is 731. The molecule has 1 nitrogen and oxygen atoms in total. The number of alkyl halides is 3. The number of aromatic nitrogens is 1. The highest BCUT2D eigenvalue weighted by Crippen LogP contribution is 2.35. The van der Waals surface area contributed by atoms with E-state index in [1.807, 2.05) is 12.1 Å². The third-order valence-corrected chi connectivity index (χ3v) is 11.8. The molecule has 0 N–H and O–H groups in total. The summed E-state index contributed by atoms with van der Waals surface area (Å²) in [5, 5.41) is 2.18. The highest BCUT2D eigenvalue weighted by molar-refractivity contribution is 7.03. The van der Waals surface area contributed by atoms with Crippen LogP contribution in [0.2, 0.25) is 11.1 Å². The molecule has 1 aromatic carbocycles. The fourth-order valence-corrected chi connectivity index (χ4v) is 10.2. The molecule has 0 unspecified atom stereocenters. The van der Waals surface area contributed by atoms with E-state index < -0.39 is 19.8 Å². The van der Waals surface area contributed by atoms with E-state index >= 15 is 0 Å². The molecule has 0 saturated heterocycles. The van der Waals surface area contributed by atoms with E-state index in [0.717, 1.165) is 28.9 Å². The van der Waals surface area contributed by atoms with Gasteiger partial charge in [-0.3, -0.25) is 4.98 Å². The largest absolute Gasteiger partial charge is 0.416 e. The smallest absolute Gasteiger partial charge is 0.266 e. The van der Waals surface area contributed by atoms with E-state index in [4.69, 9.17) is 4.98 Å². The maximum Gasteiger partial charge on any atom is 0.416 e. The van der Waals surface area contributed by atoms with E-state index in [0.29, 0.717) is 17.5 Å². The van der Waals surface area contributed by atoms with Crippen LogP contribution in [0.25, 0.3) is 0 Å². The molecular formula is C22H30F3NSi. The topological polar surface area (TPSA) is 12.9 Å². The number of aryl methyl sites for hydroxylation is 1. The predicted octanol–water partition coefficient (Wildman–Crippen LogP) is 5.83. The molecule has 1 heterocycles. The molecule has 5 heteroatoms. The van der Waals surface area contributed by atoms with Gasteiger partial charge in [0.25, 0.3) is 0 Å². The Kier molecular flexibility index (Phi) is 6.90. The Balaban J connectivity index is 2.78. The molecule has 2 aromatic rings. The summed E-state index contributed by atoms with van der Waals surface area (Å²) in [7, 11) is -2.36. The SMILES string of the molecule is CCCCc1cc(C(F)(F)F)ccc1[Si](c1ccccn1)(C(C)C)C(C)C. The Labute approximate surface area is 162 Å². The molecule has 0 fully saturated rings. The van der Waals surface area contributed by atoms with Crippen LogP contribution in [0, 0.1) is 0 Å². The van der Waals surface area contributed by atoms with Crippen molar-refractivity contribution in [3.63, 3.8) is 0 Å². The number of hydrogen-bond donors (Lipinski definition) is 0. The van der Waals surface area contributed by atoms with Crippen molar-refractivity contribution < 1.29 is 13.2 Å². The first-order valence-electron chi connectivity index (χ1n) is 9.77. The van der Waals surface area contributed by atoms with Crippen molar-refractivity contribution in [1.82, 2.24) is 4.98 Å². The summed E-state index contributed by atoms with van der Waals surface area (Å²) in [5.41, 5.74) is 0.953. The van der Waals surface area contributed by atoms with Crippen LogP contribution < -0.4 is 10.5 Å². The average Bonchev–Trinajstić information content (AvgIpc) is 2.60. The summed E-state index contributed by atoms with van der Waals surface area (Å²) in [6, 6.07) is 10.4. The third kappa shape index (κ3) is 4.28. The lowest BCUT2D eigenvalue weighted by Crippen LogP contribution is -2.64. The first kappa shape index (κ1) is 21.7. The molecule has 0 spiro atoms. The molecule has 148 valence electrons. The molecule has 0 saturated carbocycles. The van der Waals surface area contributed by atoms with Gasteiger partial charge in [0.1, 0.15) is 8.07 Å². The third-order valence-electron chi connectivity index (χ3n) is 5.59. The van der Waals surface area contributed by atoms with Gasteiger partial charge in [-0.05, 0) is 52.9 Å². The molecule has 0 radical (unpaired) electrons. The van der Waals surface area contributed by atoms with Crippen LogP contribution in [0.3, 0.4) is 0 Å². The van der Waals surface area contributed by atoms with Gasteiger partial charge in [-0.25, -0.2) is 0 Å². The lowest BCUT2D eigenvalue weighted by Gasteiger charge is -2.40. The molecule has 0 aliphatic carbocycles. The molecule has 0 bridgehead atoms. The lowest BCUT2D eigenvalue weighted by molar-refractivity contribution is -0.137. The number of hydrogen-bond acceptors (Lipinski definition) is 1. The van der Waals surface area contributed by atoms with Crippen molar-refractivity contribution in [1.29, 1.82) is 0 Å². The lowest BCUT2D eigenvalue weighted by atomic mass is 10.0. The second kappa shape index (κ2) is 8.59. The molecule has 1 aromatic heterocycles. The fraction of sp³-hybridized carbons (Fsp3) is 0.500. The van der Waals surface area contributed by atoms with Gasteiger partial charge in [0.05, 0.1) is 5.56 Å². The van der Waals surface area contributed by atoms with Gasteiger partial charge in [-0.2, -0.15) is 13.2 Å². The fourth-order valence-electron chi connectivity index (χ4n) is 4.37. The van der Waals surface area contributed by atoms with Crippen LogP contribution in [0.4, 0.5) is 13.2 Å². The molecule has 0 atom stereocenters. The Morgan fingerprint density at radius 2 is 1.67 bits per heavy atom. The number of benzene rings is 1. The summed E-state index contributed by atoms with van der Waals surface area (Å²) < 4.78 is 40.1. The van der Waals surface area contributed by atoms with Crippen molar-refractivity contribution in [2.45, 2.75) is 71.1 Å². The first-order chi connectivity index (χ1) is 12.7. The number of halogens is 3. The van der Waals surface area contributed by atoms with Gasteiger partial charge < -0.3 is 0 Å². The van der Waals surface area contributed by atoms with Crippen LogP contribution in [0.5, 0.6) is 0 Å². The maximum absolute atomic E-state index is 13.4. The second-order valence-electron chi connectivity index (χ2n) is 7.87. The summed E-state index contributed by atoms with van der Waals surface area (Å²) >= 11 is 0. The summed E-state index contributed by atoms with van der Waals surface area (Å²) in [6.45, 7) is 10.9. The van der Waals surface area contributed by atoms with Crippen LogP contribution >= 0.6 is 0 Å². The van der Waals surface area contributed by atoms with Crippen molar-refractivity contribution >= 4 is 18.6 Å². The van der Waals surface area contributed by atoms with Crippen molar-refractivity contribution in [2.24, 2.45) is 0 Å². The van der Waals surface area contributed by atoms with Crippen molar-refractivity contribution in [2.75, 3.05) is 0 Å². The van der Waals surface area contributed by atoms with E-state index in [1.54, 1.807) is 12.3 Å². The van der Waals surface area contributed by atoms with Crippen LogP contribution in [-0.2, 0) is 12.6 Å². The molecule has 27 heavy (non-hydrogen) atoms. The zero-order chi connectivity index (χ0) is 20.2. The summed E-state index contributed by atoms with van der Waals surface area (Å²) in [5.74, 6) is 0. The summed E-state index contributed by atoms with van der Waals surface area (Å²) in [4.78, 5) is 4.70. The highest BCUT2D eigenvalue weighted by Gasteiger charge is 2.46. The minimum Gasteiger partial charge on any atom is -0.266 e. The Hall–Kier alpha value is -1.62. The van der Waals surface area contributed by atoms with Gasteiger partial charge in [0, 0.05) is 11.5 Å². The molecule has 0 amide bonds. The number of unbranched alkanes of at least 4 members (excludes halogenated alkanes) is 1. The highest BCUT2D eigenvalue weighted by atomic mass is 28.3. The number of nitrogens with zero attached hydrogens (tertiary/aromatic N) is 1. The van der Waals surface area contributed by atoms with Crippen LogP contribution in [0.15, 0.2) is 42.6 Å². The molecule has 0 aliphatic heterocycles. The first-order valence-corrected chi connectivity index (χ1v) is 11.9. The minimum absolute atomic E-state index is 0.324. The van der Waals surface area contributed by atoms with Crippen molar-refractivity contribution in [3.05, 3.63) is 53.7 Å². The summed E-state index contributed by atoms with van der Waals surface area (Å²) in [6.07, 6.45) is 0.00712. The zero-order valence-corrected chi connectivity index (χ0v) is 17.9. The second-order valence-corrected chi connectivity index (χ2v) is 13.0. The number of pyridine rings is 1. The van der Waals surface area contributed by atoms with E-state index in [-0.39, 0.29) is 0 Å². The monoisotopic (exact) mass is 393 g/mol. The van der Waals surface area contributed by atoms with E-state index in [9.17, 15) is 13.2 Å². The van der Waals surface area contributed by atoms with Gasteiger partial charge in [0.15, 0.2) is 0 Å². The van der Waals surface area contributed by atoms with Gasteiger partial charge in [-0.1, -0.05) is 59.2 Å². The minimum atomic E-state index is -4.32. The molecule has 0 aliphatic rings.